The first-order valence-electron chi connectivity index (χ1n) is 5.31. The van der Waals surface area contributed by atoms with Crippen LogP contribution in [0.2, 0.25) is 0 Å². The minimum Gasteiger partial charge on any atom is -0.480 e. The van der Waals surface area contributed by atoms with Crippen molar-refractivity contribution < 1.29 is 45.4 Å². The average Bonchev–Trinajstić information content (AvgIpc) is 2.33. The molecule has 0 saturated heterocycles. The Morgan fingerprint density at radius 3 is 2.05 bits per heavy atom. The normalized spacial score (nSPS) is 12.1. The topological polar surface area (TPSA) is 57.6 Å². The maximum atomic E-state index is 13.1. The highest BCUT2D eigenvalue weighted by Crippen LogP contribution is 2.34. The van der Waals surface area contributed by atoms with Crippen molar-refractivity contribution in [3.05, 3.63) is 29.6 Å². The van der Waals surface area contributed by atoms with E-state index < -0.39 is 52.7 Å². The molecule has 0 aliphatic carbocycles. The first kappa shape index (κ1) is 17.7. The minimum atomic E-state index is -5.51. The lowest BCUT2D eigenvalue weighted by Crippen LogP contribution is -2.44. The molecule has 0 heterocycles. The third kappa shape index (κ3) is 4.09. The van der Waals surface area contributed by atoms with Gasteiger partial charge in [0.1, 0.15) is 12.4 Å². The Kier molecular flexibility index (Phi) is 4.68. The molecule has 1 aromatic carbocycles. The van der Waals surface area contributed by atoms with Crippen molar-refractivity contribution in [3.8, 4) is 0 Å². The summed E-state index contributed by atoms with van der Waals surface area (Å²) in [6, 6.07) is 0.565. The summed E-state index contributed by atoms with van der Waals surface area (Å²) in [5.74, 6) is -6.35. The summed E-state index contributed by atoms with van der Waals surface area (Å²) in [7, 11) is 0. The van der Waals surface area contributed by atoms with Gasteiger partial charge in [0.2, 0.25) is 0 Å². The minimum absolute atomic E-state index is 0.0675. The second kappa shape index (κ2) is 5.81. The summed E-state index contributed by atoms with van der Waals surface area (Å²) < 4.78 is 87.7. The van der Waals surface area contributed by atoms with Crippen molar-refractivity contribution in [2.24, 2.45) is 0 Å². The highest BCUT2D eigenvalue weighted by atomic mass is 19.4. The highest BCUT2D eigenvalue weighted by Gasteiger charge is 2.44. The van der Waals surface area contributed by atoms with Crippen LogP contribution in [0.5, 0.6) is 0 Å². The van der Waals surface area contributed by atoms with Gasteiger partial charge in [-0.3, -0.25) is 14.5 Å². The molecule has 1 N–H and O–H groups in total. The van der Waals surface area contributed by atoms with E-state index in [4.69, 9.17) is 5.11 Å². The van der Waals surface area contributed by atoms with Gasteiger partial charge in [0.15, 0.2) is 0 Å². The third-order valence-corrected chi connectivity index (χ3v) is 2.35. The number of alkyl halides is 6. The van der Waals surface area contributed by atoms with Gasteiger partial charge < -0.3 is 5.11 Å². The van der Waals surface area contributed by atoms with Crippen molar-refractivity contribution in [1.29, 1.82) is 0 Å². The van der Waals surface area contributed by atoms with E-state index in [1.54, 1.807) is 0 Å². The Hall–Kier alpha value is -2.33. The Labute approximate surface area is 117 Å². The van der Waals surface area contributed by atoms with Gasteiger partial charge in [0.25, 0.3) is 0 Å². The van der Waals surface area contributed by atoms with Crippen LogP contribution in [0.15, 0.2) is 18.2 Å². The van der Waals surface area contributed by atoms with Crippen LogP contribution in [-0.2, 0) is 15.8 Å². The quantitative estimate of drug-likeness (QED) is 0.866. The van der Waals surface area contributed by atoms with Gasteiger partial charge in [0.05, 0.1) is 5.56 Å². The number of carboxylic acids is 1. The molecule has 1 amide bonds. The number of nitrogens with zero attached hydrogens (tertiary/aromatic N) is 1. The molecule has 22 heavy (non-hydrogen) atoms. The maximum Gasteiger partial charge on any atom is 0.471 e. The Morgan fingerprint density at radius 2 is 1.64 bits per heavy atom. The van der Waals surface area contributed by atoms with E-state index in [-0.39, 0.29) is 12.1 Å². The van der Waals surface area contributed by atoms with E-state index in [1.165, 1.54) is 0 Å². The molecular formula is C11H6F7NO3. The largest absolute Gasteiger partial charge is 0.480 e. The number of hydrogen-bond donors (Lipinski definition) is 1. The molecule has 4 nitrogen and oxygen atoms in total. The van der Waals surface area contributed by atoms with E-state index >= 15 is 0 Å². The SMILES string of the molecule is O=C(O)CN(C(=O)C(F)(F)F)c1ccc(F)c(C(F)(F)F)c1. The van der Waals surface area contributed by atoms with Crippen LogP contribution >= 0.6 is 0 Å². The first-order valence-corrected chi connectivity index (χ1v) is 5.31. The molecular weight excluding hydrogens is 327 g/mol. The van der Waals surface area contributed by atoms with Gasteiger partial charge in [0, 0.05) is 5.69 Å². The third-order valence-electron chi connectivity index (χ3n) is 2.35. The highest BCUT2D eigenvalue weighted by molar-refractivity contribution is 6.00. The molecule has 0 unspecified atom stereocenters. The number of amides is 1. The monoisotopic (exact) mass is 333 g/mol. The molecule has 0 radical (unpaired) electrons. The van der Waals surface area contributed by atoms with Gasteiger partial charge >= 0.3 is 24.2 Å². The Bertz CT molecular complexity index is 594. The Morgan fingerprint density at radius 1 is 1.09 bits per heavy atom. The maximum absolute atomic E-state index is 13.1. The standard InChI is InChI=1S/C11H6F7NO3/c12-7-2-1-5(3-6(7)10(13,14)15)19(4-8(20)21)9(22)11(16,17)18/h1-3H,4H2,(H,20,21). The zero-order chi connectivity index (χ0) is 17.3. The molecule has 0 aromatic heterocycles. The first-order chi connectivity index (χ1) is 9.84. The molecule has 122 valence electrons. The van der Waals surface area contributed by atoms with Crippen molar-refractivity contribution in [2.45, 2.75) is 12.4 Å². The summed E-state index contributed by atoms with van der Waals surface area (Å²) in [6.45, 7) is -1.54. The van der Waals surface area contributed by atoms with Crippen LogP contribution in [0.4, 0.5) is 36.4 Å². The molecule has 0 aliphatic rings. The number of rotatable bonds is 3. The van der Waals surface area contributed by atoms with Crippen LogP contribution in [0.1, 0.15) is 5.56 Å². The molecule has 0 saturated carbocycles. The fourth-order valence-corrected chi connectivity index (χ4v) is 1.47. The van der Waals surface area contributed by atoms with Gasteiger partial charge in [-0.05, 0) is 18.2 Å². The number of carboxylic acid groups (broad SMARTS) is 1. The number of hydrogen-bond acceptors (Lipinski definition) is 2. The zero-order valence-electron chi connectivity index (χ0n) is 10.3. The molecule has 0 bridgehead atoms. The van der Waals surface area contributed by atoms with Crippen molar-refractivity contribution in [3.63, 3.8) is 0 Å². The lowest BCUT2D eigenvalue weighted by molar-refractivity contribution is -0.171. The summed E-state index contributed by atoms with van der Waals surface area (Å²) >= 11 is 0. The van der Waals surface area contributed by atoms with Crippen LogP contribution < -0.4 is 4.90 Å². The smallest absolute Gasteiger partial charge is 0.471 e. The van der Waals surface area contributed by atoms with Crippen LogP contribution in [0.25, 0.3) is 0 Å². The number of carbonyl (C=O) groups is 2. The average molecular weight is 333 g/mol. The molecule has 1 rings (SSSR count). The summed E-state index contributed by atoms with van der Waals surface area (Å²) in [4.78, 5) is 21.2. The number of aliphatic carboxylic acids is 1. The molecule has 11 heteroatoms. The predicted octanol–water partition coefficient (Wildman–Crippen LogP) is 2.82. The zero-order valence-corrected chi connectivity index (χ0v) is 10.3. The van der Waals surface area contributed by atoms with E-state index in [2.05, 4.69) is 0 Å². The van der Waals surface area contributed by atoms with Crippen molar-refractivity contribution in [1.82, 2.24) is 0 Å². The van der Waals surface area contributed by atoms with E-state index in [0.717, 1.165) is 0 Å². The lowest BCUT2D eigenvalue weighted by atomic mass is 10.1. The summed E-state index contributed by atoms with van der Waals surface area (Å²) in [5, 5.41) is 8.49. The van der Waals surface area contributed by atoms with Crippen molar-refractivity contribution >= 4 is 17.6 Å². The molecule has 0 atom stereocenters. The number of benzene rings is 1. The van der Waals surface area contributed by atoms with Gasteiger partial charge in [-0.25, -0.2) is 4.39 Å². The molecule has 1 aromatic rings. The predicted molar refractivity (Wildman–Crippen MR) is 57.4 cm³/mol. The fourth-order valence-electron chi connectivity index (χ4n) is 1.47. The van der Waals surface area contributed by atoms with Gasteiger partial charge in [-0.1, -0.05) is 0 Å². The van der Waals surface area contributed by atoms with Gasteiger partial charge in [-0.2, -0.15) is 26.3 Å². The van der Waals surface area contributed by atoms with E-state index in [1.807, 2.05) is 0 Å². The molecule has 0 aliphatic heterocycles. The Balaban J connectivity index is 3.38. The lowest BCUT2D eigenvalue weighted by Gasteiger charge is -2.23. The van der Waals surface area contributed by atoms with Crippen molar-refractivity contribution in [2.75, 3.05) is 11.4 Å². The number of halogens is 7. The van der Waals surface area contributed by atoms with E-state index in [9.17, 15) is 40.3 Å². The van der Waals surface area contributed by atoms with E-state index in [0.29, 0.717) is 6.07 Å². The second-order valence-corrected chi connectivity index (χ2v) is 3.94. The molecule has 0 spiro atoms. The fraction of sp³-hybridized carbons (Fsp3) is 0.273. The molecule has 0 fully saturated rings. The van der Waals surface area contributed by atoms with Crippen LogP contribution in [0.3, 0.4) is 0 Å². The number of carbonyl (C=O) groups excluding carboxylic acids is 1. The van der Waals surface area contributed by atoms with Gasteiger partial charge in [-0.15, -0.1) is 0 Å². The van der Waals surface area contributed by atoms with Crippen LogP contribution in [-0.4, -0.2) is 29.7 Å². The summed E-state index contributed by atoms with van der Waals surface area (Å²) in [5.41, 5.74) is -2.96. The second-order valence-electron chi connectivity index (χ2n) is 3.94. The number of anilines is 1. The van der Waals surface area contributed by atoms with Crippen LogP contribution in [0, 0.1) is 5.82 Å². The summed E-state index contributed by atoms with van der Waals surface area (Å²) in [6.07, 6.45) is -10.7.